The third-order valence-corrected chi connectivity index (χ3v) is 3.21. The molecule has 90 valence electrons. The molecule has 2 heteroatoms. The van der Waals surface area contributed by atoms with Crippen LogP contribution in [0.4, 0.5) is 5.69 Å². The fraction of sp³-hybridized carbons (Fsp3) is 0.400. The predicted molar refractivity (Wildman–Crippen MR) is 71.7 cm³/mol. The van der Waals surface area contributed by atoms with Gasteiger partial charge in [-0.05, 0) is 31.4 Å². The zero-order chi connectivity index (χ0) is 12.1. The molecule has 0 saturated heterocycles. The number of anilines is 1. The smallest absolute Gasteiger partial charge is 0.165 e. The highest BCUT2D eigenvalue weighted by Crippen LogP contribution is 2.26. The van der Waals surface area contributed by atoms with Crippen LogP contribution in [0.25, 0.3) is 0 Å². The minimum Gasteiger partial charge on any atom is -0.371 e. The highest BCUT2D eigenvalue weighted by molar-refractivity contribution is 6.01. The number of benzene rings is 1. The normalized spacial score (nSPS) is 15.3. The van der Waals surface area contributed by atoms with E-state index in [4.69, 9.17) is 0 Å². The summed E-state index contributed by atoms with van der Waals surface area (Å²) in [7, 11) is 0. The number of allylic oxidation sites excluding steroid dienone is 1. The van der Waals surface area contributed by atoms with Crippen LogP contribution in [-0.2, 0) is 0 Å². The third-order valence-electron chi connectivity index (χ3n) is 3.21. The second-order valence-electron chi connectivity index (χ2n) is 4.46. The van der Waals surface area contributed by atoms with Crippen LogP contribution in [0.15, 0.2) is 36.9 Å². The molecule has 2 rings (SSSR count). The molecule has 1 heterocycles. The highest BCUT2D eigenvalue weighted by Gasteiger charge is 2.19. The highest BCUT2D eigenvalue weighted by atomic mass is 16.1. The molecule has 2 nitrogen and oxygen atoms in total. The van der Waals surface area contributed by atoms with Crippen molar-refractivity contribution in [3.63, 3.8) is 0 Å². The van der Waals surface area contributed by atoms with Crippen LogP contribution in [0.5, 0.6) is 0 Å². The monoisotopic (exact) mass is 229 g/mol. The molecule has 17 heavy (non-hydrogen) atoms. The first kappa shape index (κ1) is 11.9. The molecule has 0 saturated carbocycles. The fourth-order valence-corrected chi connectivity index (χ4v) is 2.33. The second kappa shape index (κ2) is 5.67. The predicted octanol–water partition coefficient (Wildman–Crippen LogP) is 3.44. The Labute approximate surface area is 103 Å². The van der Waals surface area contributed by atoms with Gasteiger partial charge < -0.3 is 4.90 Å². The topological polar surface area (TPSA) is 20.3 Å². The van der Waals surface area contributed by atoms with Crippen LogP contribution in [0.1, 0.15) is 36.0 Å². The number of fused-ring (bicyclic) bond motifs is 1. The van der Waals surface area contributed by atoms with Crippen molar-refractivity contribution in [2.75, 3.05) is 18.0 Å². The van der Waals surface area contributed by atoms with Crippen molar-refractivity contribution >= 4 is 11.5 Å². The zero-order valence-corrected chi connectivity index (χ0v) is 10.2. The van der Waals surface area contributed by atoms with Crippen molar-refractivity contribution < 1.29 is 4.79 Å². The molecule has 1 aromatic carbocycles. The summed E-state index contributed by atoms with van der Waals surface area (Å²) in [6.45, 7) is 5.74. The lowest BCUT2D eigenvalue weighted by molar-refractivity contribution is 0.0984. The van der Waals surface area contributed by atoms with E-state index in [0.717, 1.165) is 43.6 Å². The summed E-state index contributed by atoms with van der Waals surface area (Å²) in [5.74, 6) is 0.284. The van der Waals surface area contributed by atoms with Gasteiger partial charge in [-0.2, -0.15) is 0 Å². The third kappa shape index (κ3) is 2.76. The van der Waals surface area contributed by atoms with E-state index in [9.17, 15) is 4.79 Å². The molecule has 0 bridgehead atoms. The van der Waals surface area contributed by atoms with Crippen molar-refractivity contribution in [3.8, 4) is 0 Å². The molecule has 1 aliphatic rings. The number of nitrogens with zero attached hydrogens (tertiary/aromatic N) is 1. The van der Waals surface area contributed by atoms with E-state index in [-0.39, 0.29) is 5.78 Å². The number of rotatable bonds is 4. The largest absolute Gasteiger partial charge is 0.371 e. The summed E-state index contributed by atoms with van der Waals surface area (Å²) in [5.41, 5.74) is 2.00. The van der Waals surface area contributed by atoms with Crippen molar-refractivity contribution in [3.05, 3.63) is 42.5 Å². The molecule has 0 unspecified atom stereocenters. The van der Waals surface area contributed by atoms with E-state index in [2.05, 4.69) is 17.5 Å². The Morgan fingerprint density at radius 1 is 1.35 bits per heavy atom. The van der Waals surface area contributed by atoms with Crippen LogP contribution in [0.2, 0.25) is 0 Å². The van der Waals surface area contributed by atoms with Gasteiger partial charge in [-0.3, -0.25) is 4.79 Å². The van der Waals surface area contributed by atoms with Gasteiger partial charge in [0, 0.05) is 30.8 Å². The Kier molecular flexibility index (Phi) is 3.97. The molecule has 0 amide bonds. The molecule has 0 N–H and O–H groups in total. The minimum absolute atomic E-state index is 0.284. The van der Waals surface area contributed by atoms with Gasteiger partial charge in [0.1, 0.15) is 0 Å². The average Bonchev–Trinajstić information content (AvgIpc) is 2.51. The van der Waals surface area contributed by atoms with Crippen LogP contribution < -0.4 is 4.90 Å². The Hall–Kier alpha value is -1.57. The maximum atomic E-state index is 11.9. The molecule has 1 aliphatic heterocycles. The summed E-state index contributed by atoms with van der Waals surface area (Å²) in [6, 6.07) is 7.97. The molecule has 0 aliphatic carbocycles. The number of hydrogen-bond donors (Lipinski definition) is 0. The number of carbonyl (C=O) groups is 1. The van der Waals surface area contributed by atoms with Crippen molar-refractivity contribution in [2.45, 2.75) is 25.7 Å². The van der Waals surface area contributed by atoms with E-state index < -0.39 is 0 Å². The molecule has 0 aromatic heterocycles. The molecular weight excluding hydrogens is 210 g/mol. The second-order valence-corrected chi connectivity index (χ2v) is 4.46. The van der Waals surface area contributed by atoms with E-state index in [1.165, 1.54) is 0 Å². The Morgan fingerprint density at radius 2 is 2.18 bits per heavy atom. The number of Topliss-reactive ketones (excluding diaryl/α,β-unsaturated/α-hetero) is 1. The Balaban J connectivity index is 2.19. The van der Waals surface area contributed by atoms with E-state index in [0.29, 0.717) is 6.42 Å². The first-order chi connectivity index (χ1) is 8.33. The van der Waals surface area contributed by atoms with Crippen molar-refractivity contribution in [1.29, 1.82) is 0 Å². The maximum Gasteiger partial charge on any atom is 0.165 e. The lowest BCUT2D eigenvalue weighted by Crippen LogP contribution is -2.25. The van der Waals surface area contributed by atoms with E-state index >= 15 is 0 Å². The minimum atomic E-state index is 0.284. The quantitative estimate of drug-likeness (QED) is 0.582. The van der Waals surface area contributed by atoms with Crippen molar-refractivity contribution in [2.24, 2.45) is 0 Å². The van der Waals surface area contributed by atoms with Gasteiger partial charge in [0.25, 0.3) is 0 Å². The number of carbonyl (C=O) groups excluding carboxylic acids is 1. The van der Waals surface area contributed by atoms with Crippen LogP contribution in [0.3, 0.4) is 0 Å². The van der Waals surface area contributed by atoms with Gasteiger partial charge in [0.05, 0.1) is 0 Å². The number of ketones is 1. The van der Waals surface area contributed by atoms with Crippen molar-refractivity contribution in [1.82, 2.24) is 0 Å². The SMILES string of the molecule is C=CCCCN1CCCC(=O)c2ccccc21. The van der Waals surface area contributed by atoms with Gasteiger partial charge in [0.2, 0.25) is 0 Å². The molecule has 1 aromatic rings. The maximum absolute atomic E-state index is 11.9. The van der Waals surface area contributed by atoms with Crippen LogP contribution in [-0.4, -0.2) is 18.9 Å². The number of hydrogen-bond acceptors (Lipinski definition) is 2. The first-order valence-electron chi connectivity index (χ1n) is 6.31. The summed E-state index contributed by atoms with van der Waals surface area (Å²) in [4.78, 5) is 14.3. The molecule has 0 atom stereocenters. The summed E-state index contributed by atoms with van der Waals surface area (Å²) < 4.78 is 0. The first-order valence-corrected chi connectivity index (χ1v) is 6.31. The van der Waals surface area contributed by atoms with Gasteiger partial charge in [-0.25, -0.2) is 0 Å². The molecule has 0 spiro atoms. The Bertz CT molecular complexity index is 411. The van der Waals surface area contributed by atoms with Gasteiger partial charge >= 0.3 is 0 Å². The zero-order valence-electron chi connectivity index (χ0n) is 10.2. The summed E-state index contributed by atoms with van der Waals surface area (Å²) >= 11 is 0. The standard InChI is InChI=1S/C15H19NO/c1-2-3-6-11-16-12-7-10-15(17)13-8-4-5-9-14(13)16/h2,4-5,8-9H,1,3,6-7,10-12H2. The van der Waals surface area contributed by atoms with E-state index in [1.807, 2.05) is 24.3 Å². The number of unbranched alkanes of at least 4 members (excludes halogenated alkanes) is 1. The average molecular weight is 229 g/mol. The molecule has 0 radical (unpaired) electrons. The number of para-hydroxylation sites is 1. The van der Waals surface area contributed by atoms with Crippen LogP contribution in [0, 0.1) is 0 Å². The molecular formula is C15H19NO. The van der Waals surface area contributed by atoms with E-state index in [1.54, 1.807) is 0 Å². The summed E-state index contributed by atoms with van der Waals surface area (Å²) in [5, 5.41) is 0. The van der Waals surface area contributed by atoms with Gasteiger partial charge in [-0.15, -0.1) is 6.58 Å². The fourth-order valence-electron chi connectivity index (χ4n) is 2.33. The lowest BCUT2D eigenvalue weighted by Gasteiger charge is -2.24. The summed E-state index contributed by atoms with van der Waals surface area (Å²) in [6.07, 6.45) is 5.73. The van der Waals surface area contributed by atoms with Gasteiger partial charge in [0.15, 0.2) is 5.78 Å². The van der Waals surface area contributed by atoms with Gasteiger partial charge in [-0.1, -0.05) is 18.2 Å². The Morgan fingerprint density at radius 3 is 3.00 bits per heavy atom. The molecule has 0 fully saturated rings. The van der Waals surface area contributed by atoms with Crippen LogP contribution >= 0.6 is 0 Å². The lowest BCUT2D eigenvalue weighted by atomic mass is 10.1.